The molecule has 0 N–H and O–H groups in total. The maximum Gasteiger partial charge on any atom is 0.0242 e. The van der Waals surface area contributed by atoms with Crippen LogP contribution >= 0.6 is 0 Å². The van der Waals surface area contributed by atoms with E-state index >= 15 is 0 Å². The average molecular weight is 337 g/mol. The van der Waals surface area contributed by atoms with Crippen LogP contribution in [-0.4, -0.2) is 0 Å². The second-order valence-corrected chi connectivity index (χ2v) is 8.65. The maximum absolute atomic E-state index is 5.47. The quantitative estimate of drug-likeness (QED) is 0.377. The van der Waals surface area contributed by atoms with E-state index in [9.17, 15) is 0 Å². The normalized spacial score (nSPS) is 29.9. The summed E-state index contributed by atoms with van der Waals surface area (Å²) in [6.07, 6.45) is 23.0. The molecule has 3 rings (SSSR count). The Labute approximate surface area is 155 Å². The van der Waals surface area contributed by atoms with Gasteiger partial charge >= 0.3 is 0 Å². The van der Waals surface area contributed by atoms with E-state index in [1.54, 1.807) is 0 Å². The van der Waals surface area contributed by atoms with Crippen molar-refractivity contribution in [2.75, 3.05) is 0 Å². The van der Waals surface area contributed by atoms with Crippen molar-refractivity contribution in [1.29, 1.82) is 0 Å². The Balaban J connectivity index is 1.41. The van der Waals surface area contributed by atoms with Crippen LogP contribution in [0.25, 0.3) is 0 Å². The van der Waals surface area contributed by atoms with Crippen molar-refractivity contribution in [1.82, 2.24) is 0 Å². The van der Waals surface area contributed by atoms with E-state index in [1.165, 1.54) is 82.6 Å². The Morgan fingerprint density at radius 3 is 2.00 bits per heavy atom. The molecular weight excluding hydrogens is 300 g/mol. The van der Waals surface area contributed by atoms with Crippen LogP contribution in [0.5, 0.6) is 0 Å². The molecule has 0 amide bonds. The molecule has 0 radical (unpaired) electrons. The van der Waals surface area contributed by atoms with Crippen LogP contribution in [0.2, 0.25) is 0 Å². The number of terminal acetylenes is 1. The van der Waals surface area contributed by atoms with Crippen molar-refractivity contribution in [2.24, 2.45) is 17.8 Å². The third-order valence-corrected chi connectivity index (χ3v) is 7.09. The highest BCUT2D eigenvalue weighted by Crippen LogP contribution is 2.44. The van der Waals surface area contributed by atoms with E-state index in [-0.39, 0.29) is 0 Å². The maximum atomic E-state index is 5.47. The molecule has 2 aliphatic rings. The van der Waals surface area contributed by atoms with Gasteiger partial charge < -0.3 is 0 Å². The third-order valence-electron chi connectivity index (χ3n) is 7.09. The van der Waals surface area contributed by atoms with Gasteiger partial charge in [0.15, 0.2) is 0 Å². The Morgan fingerprint density at radius 1 is 0.840 bits per heavy atom. The third kappa shape index (κ3) is 5.13. The molecule has 0 atom stereocenters. The van der Waals surface area contributed by atoms with E-state index in [4.69, 9.17) is 6.42 Å². The second-order valence-electron chi connectivity index (χ2n) is 8.65. The summed E-state index contributed by atoms with van der Waals surface area (Å²) in [5, 5.41) is 0. The zero-order valence-corrected chi connectivity index (χ0v) is 16.2. The summed E-state index contributed by atoms with van der Waals surface area (Å²) >= 11 is 0. The Hall–Kier alpha value is -1.22. The first kappa shape index (κ1) is 18.6. The molecule has 0 aliphatic heterocycles. The van der Waals surface area contributed by atoms with Crippen LogP contribution in [-0.2, 0) is 0 Å². The van der Waals surface area contributed by atoms with Gasteiger partial charge in [0.25, 0.3) is 0 Å². The lowest BCUT2D eigenvalue weighted by atomic mass is 9.68. The summed E-state index contributed by atoms with van der Waals surface area (Å²) in [4.78, 5) is 0. The van der Waals surface area contributed by atoms with Crippen molar-refractivity contribution < 1.29 is 0 Å². The highest BCUT2D eigenvalue weighted by molar-refractivity contribution is 5.35. The van der Waals surface area contributed by atoms with Crippen molar-refractivity contribution in [3.63, 3.8) is 0 Å². The lowest BCUT2D eigenvalue weighted by molar-refractivity contribution is 0.155. The van der Waals surface area contributed by atoms with Gasteiger partial charge in [0.1, 0.15) is 0 Å². The standard InChI is InChI=1S/C25H36/c1-3-5-6-7-21-10-14-23(15-11-21)25-18-16-24(17-19-25)22-12-8-20(4-2)9-13-22/h2,8-9,12-13,21,23-25H,3,5-7,10-11,14-19H2,1H3. The first-order chi connectivity index (χ1) is 12.3. The van der Waals surface area contributed by atoms with Crippen molar-refractivity contribution >= 4 is 0 Å². The first-order valence-electron chi connectivity index (χ1n) is 10.9. The SMILES string of the molecule is C#Cc1ccc(C2CCC(C3CCC(CCCCC)CC3)CC2)cc1. The largest absolute Gasteiger partial charge is 0.115 e. The minimum absolute atomic E-state index is 0.772. The second kappa shape index (κ2) is 9.47. The van der Waals surface area contributed by atoms with Gasteiger partial charge in [0.2, 0.25) is 0 Å². The molecule has 0 nitrogen and oxygen atoms in total. The smallest absolute Gasteiger partial charge is 0.0242 e. The molecule has 0 heteroatoms. The molecule has 2 fully saturated rings. The predicted octanol–water partition coefficient (Wildman–Crippen LogP) is 7.33. The lowest BCUT2D eigenvalue weighted by Crippen LogP contribution is -2.25. The van der Waals surface area contributed by atoms with Gasteiger partial charge in [-0.1, -0.05) is 63.5 Å². The molecular formula is C25H36. The zero-order valence-electron chi connectivity index (χ0n) is 16.2. The number of unbranched alkanes of at least 4 members (excludes halogenated alkanes) is 2. The number of hydrogen-bond acceptors (Lipinski definition) is 0. The van der Waals surface area contributed by atoms with E-state index in [0.29, 0.717) is 0 Å². The van der Waals surface area contributed by atoms with E-state index in [1.807, 2.05) is 0 Å². The highest BCUT2D eigenvalue weighted by atomic mass is 14.4. The van der Waals surface area contributed by atoms with Gasteiger partial charge in [0, 0.05) is 5.56 Å². The Morgan fingerprint density at radius 2 is 1.44 bits per heavy atom. The van der Waals surface area contributed by atoms with Crippen LogP contribution in [0.3, 0.4) is 0 Å². The molecule has 1 aromatic carbocycles. The molecule has 2 aliphatic carbocycles. The number of hydrogen-bond donors (Lipinski definition) is 0. The number of rotatable bonds is 6. The molecule has 0 bridgehead atoms. The topological polar surface area (TPSA) is 0 Å². The van der Waals surface area contributed by atoms with Gasteiger partial charge in [-0.25, -0.2) is 0 Å². The molecule has 25 heavy (non-hydrogen) atoms. The molecule has 0 spiro atoms. The minimum Gasteiger partial charge on any atom is -0.115 e. The van der Waals surface area contributed by atoms with Crippen LogP contribution in [0.15, 0.2) is 24.3 Å². The van der Waals surface area contributed by atoms with Crippen LogP contribution in [0.4, 0.5) is 0 Å². The summed E-state index contributed by atoms with van der Waals surface area (Å²) in [6, 6.07) is 8.76. The number of benzene rings is 1. The Bertz CT molecular complexity index is 530. The molecule has 2 saturated carbocycles. The van der Waals surface area contributed by atoms with Gasteiger partial charge in [-0.05, 0) is 79.9 Å². The molecule has 136 valence electrons. The van der Waals surface area contributed by atoms with Crippen molar-refractivity contribution in [2.45, 2.75) is 89.9 Å². The summed E-state index contributed by atoms with van der Waals surface area (Å²) in [6.45, 7) is 2.32. The summed E-state index contributed by atoms with van der Waals surface area (Å²) in [7, 11) is 0. The average Bonchev–Trinajstić information content (AvgIpc) is 2.69. The van der Waals surface area contributed by atoms with E-state index in [0.717, 1.165) is 29.2 Å². The van der Waals surface area contributed by atoms with E-state index in [2.05, 4.69) is 37.1 Å². The molecule has 0 heterocycles. The van der Waals surface area contributed by atoms with Crippen LogP contribution in [0.1, 0.15) is 101 Å². The van der Waals surface area contributed by atoms with Gasteiger partial charge in [-0.2, -0.15) is 0 Å². The van der Waals surface area contributed by atoms with Crippen LogP contribution in [0, 0.1) is 30.1 Å². The van der Waals surface area contributed by atoms with E-state index < -0.39 is 0 Å². The minimum atomic E-state index is 0.772. The van der Waals surface area contributed by atoms with Crippen LogP contribution < -0.4 is 0 Å². The van der Waals surface area contributed by atoms with Crippen molar-refractivity contribution in [3.8, 4) is 12.3 Å². The van der Waals surface area contributed by atoms with Gasteiger partial charge in [-0.3, -0.25) is 0 Å². The molecule has 1 aromatic rings. The fourth-order valence-electron chi connectivity index (χ4n) is 5.41. The van der Waals surface area contributed by atoms with Crippen molar-refractivity contribution in [3.05, 3.63) is 35.4 Å². The molecule has 0 saturated heterocycles. The molecule has 0 unspecified atom stereocenters. The molecule has 0 aromatic heterocycles. The fourth-order valence-corrected chi connectivity index (χ4v) is 5.41. The zero-order chi connectivity index (χ0) is 17.5. The lowest BCUT2D eigenvalue weighted by Gasteiger charge is -2.38. The Kier molecular flexibility index (Phi) is 7.03. The van der Waals surface area contributed by atoms with Gasteiger partial charge in [0.05, 0.1) is 0 Å². The summed E-state index contributed by atoms with van der Waals surface area (Å²) < 4.78 is 0. The summed E-state index contributed by atoms with van der Waals surface area (Å²) in [5.41, 5.74) is 2.52. The first-order valence-corrected chi connectivity index (χ1v) is 10.9. The van der Waals surface area contributed by atoms with Gasteiger partial charge in [-0.15, -0.1) is 6.42 Å². The summed E-state index contributed by atoms with van der Waals surface area (Å²) in [5.74, 6) is 6.59. The predicted molar refractivity (Wildman–Crippen MR) is 109 cm³/mol. The monoisotopic (exact) mass is 336 g/mol. The fraction of sp³-hybridized carbons (Fsp3) is 0.680. The highest BCUT2D eigenvalue weighted by Gasteiger charge is 2.31.